The molecular formula is C18H26N4O7. The summed E-state index contributed by atoms with van der Waals surface area (Å²) in [6.45, 7) is 2.43. The van der Waals surface area contributed by atoms with Crippen LogP contribution in [-0.4, -0.2) is 71.6 Å². The summed E-state index contributed by atoms with van der Waals surface area (Å²) in [7, 11) is 1.52. The fourth-order valence-electron chi connectivity index (χ4n) is 3.33. The van der Waals surface area contributed by atoms with E-state index < -0.39 is 29.7 Å². The molecule has 160 valence electrons. The van der Waals surface area contributed by atoms with Crippen LogP contribution in [0, 0.1) is 5.92 Å². The van der Waals surface area contributed by atoms with E-state index in [1.54, 1.807) is 0 Å². The van der Waals surface area contributed by atoms with Crippen LogP contribution < -0.4 is 10.6 Å². The van der Waals surface area contributed by atoms with Crippen molar-refractivity contribution < 1.29 is 33.6 Å². The number of carbonyl (C=O) groups excluding carboxylic acids is 6. The maximum absolute atomic E-state index is 12.2. The standard InChI is InChI=1S/C18H26N4O7/c1-3-12(18(28)19-2)21-10-11(8-16(21)26)9-20-13(23)4-7-17(27)29-22-14(24)5-6-15(22)25/h11-12H,3-10H2,1-2H3,(H,19,28)(H,20,23)/t11?,12-/m1/s1. The van der Waals surface area contributed by atoms with Gasteiger partial charge in [0.15, 0.2) is 0 Å². The van der Waals surface area contributed by atoms with Gasteiger partial charge in [0.2, 0.25) is 17.7 Å². The SMILES string of the molecule is CC[C@H](C(=O)NC)N1CC(CNC(=O)CCC(=O)ON2C(=O)CCC2=O)CC1=O. The minimum absolute atomic E-state index is 0.00251. The monoisotopic (exact) mass is 410 g/mol. The van der Waals surface area contributed by atoms with E-state index in [9.17, 15) is 28.8 Å². The van der Waals surface area contributed by atoms with E-state index in [-0.39, 0.29) is 56.4 Å². The number of nitrogens with zero attached hydrogens (tertiary/aromatic N) is 2. The van der Waals surface area contributed by atoms with Gasteiger partial charge in [-0.3, -0.25) is 24.0 Å². The van der Waals surface area contributed by atoms with E-state index in [0.29, 0.717) is 18.0 Å². The average molecular weight is 410 g/mol. The molecule has 0 radical (unpaired) electrons. The lowest BCUT2D eigenvalue weighted by Crippen LogP contribution is -2.46. The summed E-state index contributed by atoms with van der Waals surface area (Å²) < 4.78 is 0. The van der Waals surface area contributed by atoms with Crippen molar-refractivity contribution in [2.75, 3.05) is 20.1 Å². The Hall–Kier alpha value is -2.98. The average Bonchev–Trinajstić information content (AvgIpc) is 3.21. The Bertz CT molecular complexity index is 692. The molecule has 2 fully saturated rings. The molecule has 0 aromatic carbocycles. The third kappa shape index (κ3) is 5.75. The Morgan fingerprint density at radius 2 is 1.76 bits per heavy atom. The van der Waals surface area contributed by atoms with Gasteiger partial charge >= 0.3 is 5.97 Å². The van der Waals surface area contributed by atoms with Gasteiger partial charge in [-0.1, -0.05) is 6.92 Å². The number of likely N-dealkylation sites (N-methyl/N-ethyl adjacent to an activating group) is 1. The number of amides is 5. The molecule has 2 aliphatic rings. The van der Waals surface area contributed by atoms with Gasteiger partial charge in [-0.2, -0.15) is 0 Å². The number of nitrogens with one attached hydrogen (secondary N) is 2. The molecule has 0 aromatic heterocycles. The van der Waals surface area contributed by atoms with Crippen LogP contribution in [0.4, 0.5) is 0 Å². The van der Waals surface area contributed by atoms with Crippen molar-refractivity contribution >= 4 is 35.5 Å². The molecule has 2 heterocycles. The largest absolute Gasteiger partial charge is 0.357 e. The van der Waals surface area contributed by atoms with E-state index in [1.807, 2.05) is 6.92 Å². The lowest BCUT2D eigenvalue weighted by Gasteiger charge is -2.25. The second-order valence-corrected chi connectivity index (χ2v) is 7.00. The summed E-state index contributed by atoms with van der Waals surface area (Å²) in [5.74, 6) is -2.90. The minimum atomic E-state index is -0.845. The molecule has 2 N–H and O–H groups in total. The van der Waals surface area contributed by atoms with Crippen LogP contribution >= 0.6 is 0 Å². The van der Waals surface area contributed by atoms with Gasteiger partial charge in [0.05, 0.1) is 6.42 Å². The number of imide groups is 1. The van der Waals surface area contributed by atoms with Gasteiger partial charge in [0.25, 0.3) is 11.8 Å². The van der Waals surface area contributed by atoms with Gasteiger partial charge < -0.3 is 20.4 Å². The molecule has 2 aliphatic heterocycles. The zero-order valence-electron chi connectivity index (χ0n) is 16.6. The van der Waals surface area contributed by atoms with E-state index in [1.165, 1.54) is 11.9 Å². The molecule has 0 aromatic rings. The Morgan fingerprint density at radius 3 is 2.34 bits per heavy atom. The highest BCUT2D eigenvalue weighted by molar-refractivity contribution is 6.01. The molecule has 11 nitrogen and oxygen atoms in total. The van der Waals surface area contributed by atoms with Crippen molar-refractivity contribution in [2.24, 2.45) is 5.92 Å². The molecule has 2 atom stereocenters. The first-order valence-corrected chi connectivity index (χ1v) is 9.61. The maximum Gasteiger partial charge on any atom is 0.333 e. The second kappa shape index (κ2) is 9.99. The van der Waals surface area contributed by atoms with Crippen LogP contribution in [0.25, 0.3) is 0 Å². The number of rotatable bonds is 9. The zero-order chi connectivity index (χ0) is 21.6. The first-order valence-electron chi connectivity index (χ1n) is 9.61. The molecule has 1 unspecified atom stereocenters. The van der Waals surface area contributed by atoms with Crippen molar-refractivity contribution in [3.05, 3.63) is 0 Å². The lowest BCUT2D eigenvalue weighted by molar-refractivity contribution is -0.197. The van der Waals surface area contributed by atoms with Gasteiger partial charge in [-0.05, 0) is 6.42 Å². The van der Waals surface area contributed by atoms with E-state index >= 15 is 0 Å². The maximum atomic E-state index is 12.2. The van der Waals surface area contributed by atoms with E-state index in [0.717, 1.165) is 0 Å². The number of hydroxylamine groups is 2. The summed E-state index contributed by atoms with van der Waals surface area (Å²) in [4.78, 5) is 76.7. The van der Waals surface area contributed by atoms with Crippen LogP contribution in [-0.2, 0) is 33.6 Å². The summed E-state index contributed by atoms with van der Waals surface area (Å²) in [6.07, 6.45) is 0.275. The zero-order valence-corrected chi connectivity index (χ0v) is 16.6. The van der Waals surface area contributed by atoms with Gasteiger partial charge in [-0.25, -0.2) is 4.79 Å². The topological polar surface area (TPSA) is 142 Å². The number of carbonyl (C=O) groups is 6. The Balaban J connectivity index is 1.72. The van der Waals surface area contributed by atoms with Crippen molar-refractivity contribution in [3.8, 4) is 0 Å². The summed E-state index contributed by atoms with van der Waals surface area (Å²) in [5.41, 5.74) is 0. The van der Waals surface area contributed by atoms with Crippen LogP contribution in [0.5, 0.6) is 0 Å². The first-order chi connectivity index (χ1) is 13.8. The van der Waals surface area contributed by atoms with Crippen LogP contribution in [0.1, 0.15) is 45.4 Å². The molecule has 5 amide bonds. The molecule has 2 rings (SSSR count). The Morgan fingerprint density at radius 1 is 1.10 bits per heavy atom. The first kappa shape index (κ1) is 22.3. The highest BCUT2D eigenvalue weighted by Gasteiger charge is 2.36. The summed E-state index contributed by atoms with van der Waals surface area (Å²) in [5, 5.41) is 5.64. The highest BCUT2D eigenvalue weighted by Crippen LogP contribution is 2.21. The van der Waals surface area contributed by atoms with Crippen molar-refractivity contribution in [3.63, 3.8) is 0 Å². The van der Waals surface area contributed by atoms with Crippen LogP contribution in [0.15, 0.2) is 0 Å². The fraction of sp³-hybridized carbons (Fsp3) is 0.667. The molecule has 0 bridgehead atoms. The highest BCUT2D eigenvalue weighted by atomic mass is 16.7. The Kier molecular flexibility index (Phi) is 7.68. The third-order valence-electron chi connectivity index (χ3n) is 4.89. The molecule has 11 heteroatoms. The smallest absolute Gasteiger partial charge is 0.333 e. The van der Waals surface area contributed by atoms with E-state index in [2.05, 4.69) is 10.6 Å². The predicted molar refractivity (Wildman–Crippen MR) is 97.4 cm³/mol. The Labute approximate surface area is 168 Å². The minimum Gasteiger partial charge on any atom is -0.357 e. The molecular weight excluding hydrogens is 384 g/mol. The predicted octanol–water partition coefficient (Wildman–Crippen LogP) is -1.14. The van der Waals surface area contributed by atoms with E-state index in [4.69, 9.17) is 4.84 Å². The normalized spacial score (nSPS) is 20.1. The number of hydrogen-bond acceptors (Lipinski definition) is 7. The van der Waals surface area contributed by atoms with Crippen LogP contribution in [0.3, 0.4) is 0 Å². The van der Waals surface area contributed by atoms with Gasteiger partial charge in [0, 0.05) is 51.7 Å². The van der Waals surface area contributed by atoms with Crippen molar-refractivity contribution in [1.82, 2.24) is 20.6 Å². The molecule has 0 aliphatic carbocycles. The third-order valence-corrected chi connectivity index (χ3v) is 4.89. The summed E-state index contributed by atoms with van der Waals surface area (Å²) >= 11 is 0. The quantitative estimate of drug-likeness (QED) is 0.458. The molecule has 2 saturated heterocycles. The molecule has 0 saturated carbocycles. The number of hydrogen-bond donors (Lipinski definition) is 2. The fourth-order valence-corrected chi connectivity index (χ4v) is 3.33. The van der Waals surface area contributed by atoms with Crippen molar-refractivity contribution in [1.29, 1.82) is 0 Å². The summed E-state index contributed by atoms with van der Waals surface area (Å²) in [6, 6.07) is -0.529. The van der Waals surface area contributed by atoms with Crippen LogP contribution in [0.2, 0.25) is 0 Å². The van der Waals surface area contributed by atoms with Gasteiger partial charge in [0.1, 0.15) is 6.04 Å². The van der Waals surface area contributed by atoms with Gasteiger partial charge in [-0.15, -0.1) is 5.06 Å². The van der Waals surface area contributed by atoms with Crippen molar-refractivity contribution in [2.45, 2.75) is 51.5 Å². The number of likely N-dealkylation sites (tertiary alicyclic amines) is 1. The lowest BCUT2D eigenvalue weighted by atomic mass is 10.1. The molecule has 29 heavy (non-hydrogen) atoms. The second-order valence-electron chi connectivity index (χ2n) is 7.00. The molecule has 0 spiro atoms.